The first kappa shape index (κ1) is 24.8. The molecule has 0 radical (unpaired) electrons. The van der Waals surface area contributed by atoms with Gasteiger partial charge in [0, 0.05) is 10.2 Å². The van der Waals surface area contributed by atoms with Gasteiger partial charge < -0.3 is 5.32 Å². The van der Waals surface area contributed by atoms with Gasteiger partial charge in [0.15, 0.2) is 0 Å². The van der Waals surface area contributed by atoms with Gasteiger partial charge in [-0.1, -0.05) is 30.3 Å². The van der Waals surface area contributed by atoms with Crippen molar-refractivity contribution in [1.29, 1.82) is 0 Å². The van der Waals surface area contributed by atoms with Crippen LogP contribution < -0.4 is 5.32 Å². The summed E-state index contributed by atoms with van der Waals surface area (Å²) in [4.78, 5) is 11.7. The van der Waals surface area contributed by atoms with Crippen LogP contribution in [0.1, 0.15) is 16.5 Å². The van der Waals surface area contributed by atoms with Crippen molar-refractivity contribution >= 4 is 5.91 Å². The molecule has 1 aromatic rings. The summed E-state index contributed by atoms with van der Waals surface area (Å²) in [5.74, 6) is -52.7. The average molecular weight is 537 g/mol. The van der Waals surface area contributed by atoms with Crippen LogP contribution in [-0.2, 0) is 11.2 Å². The monoisotopic (exact) mass is 537 g/mol. The summed E-state index contributed by atoms with van der Waals surface area (Å²) >= 11 is 0. The van der Waals surface area contributed by atoms with Crippen LogP contribution in [0.3, 0.4) is 0 Å². The summed E-state index contributed by atoms with van der Waals surface area (Å²) in [5.41, 5.74) is -0.0927. The molecule has 1 N–H and O–H groups in total. The molecule has 0 fully saturated rings. The van der Waals surface area contributed by atoms with Crippen LogP contribution in [0.2, 0.25) is 0 Å². The Bertz CT molecular complexity index is 961. The van der Waals surface area contributed by atoms with Gasteiger partial charge in [0.1, 0.15) is 0 Å². The fourth-order valence-electron chi connectivity index (χ4n) is 2.26. The molecule has 0 saturated heterocycles. The number of carbonyl (C=O) groups is 1. The first-order chi connectivity index (χ1) is 16.1. The molecular weight excluding hydrogens is 519 g/mol. The normalized spacial score (nSPS) is 17.4. The van der Waals surface area contributed by atoms with Gasteiger partial charge in [0.2, 0.25) is 0 Å². The van der Waals surface area contributed by atoms with Crippen LogP contribution in [0.5, 0.6) is 0 Å². The van der Waals surface area contributed by atoms with E-state index in [0.717, 1.165) is 12.1 Å². The topological polar surface area (TPSA) is 29.1 Å². The number of alkyl halides is 15. The van der Waals surface area contributed by atoms with E-state index in [1.807, 2.05) is 0 Å². The maximum atomic E-state index is 14.0. The molecule has 0 aliphatic rings. The van der Waals surface area contributed by atoms with E-state index in [-0.39, 0.29) is 5.56 Å². The zero-order valence-electron chi connectivity index (χ0n) is 18.7. The van der Waals surface area contributed by atoms with Crippen molar-refractivity contribution in [2.75, 3.05) is 0 Å². The number of rotatable bonds is 9. The Morgan fingerprint density at radius 1 is 0.735 bits per heavy atom. The van der Waals surface area contributed by atoms with Gasteiger partial charge in [-0.25, -0.2) is 0 Å². The second-order valence-electron chi connectivity index (χ2n) is 6.66. The quantitative estimate of drug-likeness (QED) is 0.379. The zero-order valence-corrected chi connectivity index (χ0v) is 15.7. The third-order valence-electron chi connectivity index (χ3n) is 4.20. The van der Waals surface area contributed by atoms with Crippen LogP contribution in [-0.4, -0.2) is 53.7 Å². The smallest absolute Gasteiger partial charge is 0.348 e. The van der Waals surface area contributed by atoms with Crippen molar-refractivity contribution in [3.8, 4) is 0 Å². The number of hydrogen-bond donors (Lipinski definition) is 1. The summed E-state index contributed by atoms with van der Waals surface area (Å²) < 4.78 is 220. The Labute approximate surface area is 184 Å². The minimum absolute atomic E-state index is 0.0927. The van der Waals surface area contributed by atoms with Crippen LogP contribution in [0.4, 0.5) is 65.9 Å². The molecule has 0 aromatic heterocycles. The van der Waals surface area contributed by atoms with E-state index in [9.17, 15) is 70.7 Å². The highest BCUT2D eigenvalue weighted by Gasteiger charge is 2.94. The van der Waals surface area contributed by atoms with E-state index in [2.05, 4.69) is 0 Å². The summed E-state index contributed by atoms with van der Waals surface area (Å²) in [6, 6.07) is 3.41. The van der Waals surface area contributed by atoms with Crippen LogP contribution in [0.25, 0.3) is 0 Å². The standard InChI is InChI=1S/C17H12F15NO/c1-8(7-9-5-3-2-4-6-9)33-10(34)11(18,19)12(20,21)13(22,23)14(24,25)15(26,27)16(28,29)17(30,31)32/h2-6,8H,7H2,1H3,(H,33,34)/i1T3. The van der Waals surface area contributed by atoms with Gasteiger partial charge in [-0.2, -0.15) is 65.9 Å². The summed E-state index contributed by atoms with van der Waals surface area (Å²) in [7, 11) is 0. The SMILES string of the molecule is [3H]C([3H])([3H])C(Cc1ccccc1)NC(=O)C(F)(F)C(F)(F)C(F)(F)C(F)(F)C(F)(F)C(F)(F)C(F)(F)F. The Morgan fingerprint density at radius 3 is 1.56 bits per heavy atom. The first-order valence-electron chi connectivity index (χ1n) is 9.79. The van der Waals surface area contributed by atoms with Crippen molar-refractivity contribution in [2.45, 2.75) is 61.0 Å². The van der Waals surface area contributed by atoms with E-state index in [1.165, 1.54) is 18.2 Å². The number of nitrogens with one attached hydrogen (secondary N) is 1. The Hall–Kier alpha value is -2.36. The molecule has 1 aromatic carbocycles. The third-order valence-corrected chi connectivity index (χ3v) is 4.20. The van der Waals surface area contributed by atoms with E-state index < -0.39 is 66.9 Å². The average Bonchev–Trinajstić information content (AvgIpc) is 2.71. The molecule has 0 saturated carbocycles. The highest BCUT2D eigenvalue weighted by Crippen LogP contribution is 2.62. The molecule has 0 spiro atoms. The molecule has 0 bridgehead atoms. The number of hydrogen-bond acceptors (Lipinski definition) is 1. The molecule has 1 rings (SSSR count). The summed E-state index contributed by atoms with van der Waals surface area (Å²) in [5, 5.41) is 0.643. The number of carbonyl (C=O) groups excluding carboxylic acids is 1. The maximum absolute atomic E-state index is 14.0. The molecule has 1 unspecified atom stereocenters. The van der Waals surface area contributed by atoms with Crippen LogP contribution >= 0.6 is 0 Å². The van der Waals surface area contributed by atoms with E-state index >= 15 is 0 Å². The molecule has 0 aliphatic heterocycles. The van der Waals surface area contributed by atoms with E-state index in [0.29, 0.717) is 5.32 Å². The minimum atomic E-state index is -8.56. The highest BCUT2D eigenvalue weighted by molar-refractivity contribution is 5.85. The van der Waals surface area contributed by atoms with Crippen molar-refractivity contribution < 1.29 is 74.8 Å². The predicted molar refractivity (Wildman–Crippen MR) is 83.5 cm³/mol. The molecule has 0 heterocycles. The maximum Gasteiger partial charge on any atom is 0.460 e. The fraction of sp³-hybridized carbons (Fsp3) is 0.588. The number of amides is 1. The van der Waals surface area contributed by atoms with Crippen LogP contribution in [0.15, 0.2) is 30.3 Å². The van der Waals surface area contributed by atoms with E-state index in [1.54, 1.807) is 0 Å². The minimum Gasteiger partial charge on any atom is -0.348 e. The molecule has 17 heteroatoms. The van der Waals surface area contributed by atoms with Crippen molar-refractivity contribution in [3.05, 3.63) is 35.9 Å². The first-order valence-corrected chi connectivity index (χ1v) is 8.29. The molecule has 2 nitrogen and oxygen atoms in total. The highest BCUT2D eigenvalue weighted by atomic mass is 19.4. The largest absolute Gasteiger partial charge is 0.460 e. The summed E-state index contributed by atoms with van der Waals surface area (Å²) in [6.45, 7) is -3.56. The Morgan fingerprint density at radius 2 is 1.15 bits per heavy atom. The molecule has 1 atom stereocenters. The zero-order chi connectivity index (χ0) is 29.7. The van der Waals surface area contributed by atoms with Gasteiger partial charge in [-0.3, -0.25) is 4.79 Å². The molecular formula is C17H12F15NO. The van der Waals surface area contributed by atoms with Gasteiger partial charge in [0.05, 0.1) is 0 Å². The number of benzene rings is 1. The second-order valence-corrected chi connectivity index (χ2v) is 6.66. The van der Waals surface area contributed by atoms with Crippen molar-refractivity contribution in [3.63, 3.8) is 0 Å². The Kier molecular flexibility index (Phi) is 6.33. The molecule has 0 aliphatic carbocycles. The fourth-order valence-corrected chi connectivity index (χ4v) is 2.26. The lowest BCUT2D eigenvalue weighted by Crippen LogP contribution is -2.74. The number of halogens is 15. The van der Waals surface area contributed by atoms with Crippen molar-refractivity contribution in [2.24, 2.45) is 0 Å². The predicted octanol–water partition coefficient (Wildman–Crippen LogP) is 6.11. The molecule has 1 amide bonds. The van der Waals surface area contributed by atoms with E-state index in [4.69, 9.17) is 4.11 Å². The lowest BCUT2D eigenvalue weighted by Gasteiger charge is -2.41. The van der Waals surface area contributed by atoms with Gasteiger partial charge >= 0.3 is 41.7 Å². The third kappa shape index (κ3) is 4.48. The van der Waals surface area contributed by atoms with Gasteiger partial charge in [-0.15, -0.1) is 0 Å². The van der Waals surface area contributed by atoms with Crippen molar-refractivity contribution in [1.82, 2.24) is 5.32 Å². The van der Waals surface area contributed by atoms with Gasteiger partial charge in [0.25, 0.3) is 5.91 Å². The lowest BCUT2D eigenvalue weighted by molar-refractivity contribution is -0.449. The lowest BCUT2D eigenvalue weighted by atomic mass is 9.90. The van der Waals surface area contributed by atoms with Crippen LogP contribution in [0, 0.1) is 0 Å². The summed E-state index contributed by atoms with van der Waals surface area (Å²) in [6.07, 6.45) is -8.75. The molecule has 34 heavy (non-hydrogen) atoms. The van der Waals surface area contributed by atoms with Gasteiger partial charge in [-0.05, 0) is 18.8 Å². The molecule has 196 valence electrons. The second kappa shape index (κ2) is 8.70. The Balaban J connectivity index is 3.48.